The number of likely N-dealkylation sites (tertiary alicyclic amines) is 1. The van der Waals surface area contributed by atoms with Crippen molar-refractivity contribution in [3.05, 3.63) is 11.8 Å². The van der Waals surface area contributed by atoms with Crippen LogP contribution in [0.2, 0.25) is 0 Å². The Kier molecular flexibility index (Phi) is 4.55. The number of nitrogens with one attached hydrogen (secondary N) is 1. The summed E-state index contributed by atoms with van der Waals surface area (Å²) in [6.45, 7) is 1.67. The highest BCUT2D eigenvalue weighted by molar-refractivity contribution is 5.45. The number of anilines is 2. The van der Waals surface area contributed by atoms with Gasteiger partial charge >= 0.3 is 6.18 Å². The third kappa shape index (κ3) is 3.75. The molecule has 0 saturated carbocycles. The minimum Gasteiger partial charge on any atom is -0.358 e. The molecule has 2 rings (SSSR count). The Hall–Kier alpha value is -1.57. The molecule has 1 atom stereocenters. The second kappa shape index (κ2) is 6.05. The number of nitrogens with zero attached hydrogens (tertiary/aromatic N) is 4. The summed E-state index contributed by atoms with van der Waals surface area (Å²) < 4.78 is 38.6. The van der Waals surface area contributed by atoms with Crippen molar-refractivity contribution in [1.82, 2.24) is 14.9 Å². The SMILES string of the molecule is CNc1nc(N(C)CC2CCCN2C)cc(C(F)(F)F)n1. The molecule has 0 aromatic carbocycles. The van der Waals surface area contributed by atoms with Crippen molar-refractivity contribution >= 4 is 11.8 Å². The van der Waals surface area contributed by atoms with Crippen LogP contribution in [0.1, 0.15) is 18.5 Å². The number of alkyl halides is 3. The number of hydrogen-bond donors (Lipinski definition) is 1. The second-order valence-corrected chi connectivity index (χ2v) is 5.34. The zero-order valence-electron chi connectivity index (χ0n) is 12.4. The first-order chi connectivity index (χ1) is 9.81. The molecule has 0 aliphatic carbocycles. The monoisotopic (exact) mass is 303 g/mol. The van der Waals surface area contributed by atoms with E-state index >= 15 is 0 Å². The highest BCUT2D eigenvalue weighted by atomic mass is 19.4. The molecule has 1 fully saturated rings. The molecule has 8 heteroatoms. The summed E-state index contributed by atoms with van der Waals surface area (Å²) in [5, 5.41) is 2.58. The maximum Gasteiger partial charge on any atom is 0.433 e. The van der Waals surface area contributed by atoms with Crippen LogP contribution < -0.4 is 10.2 Å². The van der Waals surface area contributed by atoms with E-state index < -0.39 is 11.9 Å². The zero-order chi connectivity index (χ0) is 15.6. The Morgan fingerprint density at radius 3 is 2.67 bits per heavy atom. The van der Waals surface area contributed by atoms with Crippen LogP contribution in [0.3, 0.4) is 0 Å². The lowest BCUT2D eigenvalue weighted by Crippen LogP contribution is -2.37. The van der Waals surface area contributed by atoms with Crippen molar-refractivity contribution < 1.29 is 13.2 Å². The van der Waals surface area contributed by atoms with Crippen LogP contribution in [-0.2, 0) is 6.18 Å². The van der Waals surface area contributed by atoms with Gasteiger partial charge in [0.15, 0.2) is 5.69 Å². The lowest BCUT2D eigenvalue weighted by molar-refractivity contribution is -0.141. The molecule has 0 radical (unpaired) electrons. The van der Waals surface area contributed by atoms with Crippen LogP contribution in [0.4, 0.5) is 24.9 Å². The van der Waals surface area contributed by atoms with Gasteiger partial charge in [-0.2, -0.15) is 18.2 Å². The van der Waals surface area contributed by atoms with E-state index in [1.165, 1.54) is 7.05 Å². The van der Waals surface area contributed by atoms with Crippen LogP contribution in [-0.4, -0.2) is 55.1 Å². The lowest BCUT2D eigenvalue weighted by Gasteiger charge is -2.27. The average Bonchev–Trinajstić information content (AvgIpc) is 2.82. The molecule has 0 amide bonds. The van der Waals surface area contributed by atoms with Gasteiger partial charge in [-0.25, -0.2) is 4.98 Å². The lowest BCUT2D eigenvalue weighted by atomic mass is 10.2. The molecule has 2 heterocycles. The Morgan fingerprint density at radius 2 is 2.14 bits per heavy atom. The van der Waals surface area contributed by atoms with Gasteiger partial charge in [0.05, 0.1) is 0 Å². The third-order valence-electron chi connectivity index (χ3n) is 3.77. The molecular formula is C13H20F3N5. The summed E-state index contributed by atoms with van der Waals surface area (Å²) in [7, 11) is 5.30. The Balaban J connectivity index is 2.21. The summed E-state index contributed by atoms with van der Waals surface area (Å²) in [6.07, 6.45) is -2.31. The predicted molar refractivity (Wildman–Crippen MR) is 75.5 cm³/mol. The Bertz CT molecular complexity index is 491. The van der Waals surface area contributed by atoms with Crippen molar-refractivity contribution in [1.29, 1.82) is 0 Å². The van der Waals surface area contributed by atoms with Crippen molar-refractivity contribution in [2.45, 2.75) is 25.1 Å². The van der Waals surface area contributed by atoms with E-state index in [1.807, 2.05) is 7.05 Å². The summed E-state index contributed by atoms with van der Waals surface area (Å²) in [5.74, 6) is 0.258. The highest BCUT2D eigenvalue weighted by Gasteiger charge is 2.34. The molecule has 1 aliphatic rings. The average molecular weight is 303 g/mol. The molecule has 1 aromatic heterocycles. The summed E-state index contributed by atoms with van der Waals surface area (Å²) >= 11 is 0. The molecule has 0 bridgehead atoms. The van der Waals surface area contributed by atoms with Crippen molar-refractivity contribution in [3.63, 3.8) is 0 Å². The molecule has 21 heavy (non-hydrogen) atoms. The van der Waals surface area contributed by atoms with Crippen molar-refractivity contribution in [3.8, 4) is 0 Å². The maximum atomic E-state index is 12.9. The van der Waals surface area contributed by atoms with Crippen LogP contribution in [0.15, 0.2) is 6.07 Å². The van der Waals surface area contributed by atoms with E-state index in [1.54, 1.807) is 11.9 Å². The van der Waals surface area contributed by atoms with Gasteiger partial charge in [0.2, 0.25) is 5.95 Å². The minimum absolute atomic E-state index is 0.0218. The number of halogens is 3. The van der Waals surface area contributed by atoms with Gasteiger partial charge < -0.3 is 15.1 Å². The molecule has 0 spiro atoms. The first-order valence-corrected chi connectivity index (χ1v) is 6.86. The van der Waals surface area contributed by atoms with Crippen molar-refractivity contribution in [2.24, 2.45) is 0 Å². The summed E-state index contributed by atoms with van der Waals surface area (Å²) in [6, 6.07) is 1.34. The number of likely N-dealkylation sites (N-methyl/N-ethyl adjacent to an activating group) is 2. The topological polar surface area (TPSA) is 44.3 Å². The Morgan fingerprint density at radius 1 is 1.43 bits per heavy atom. The van der Waals surface area contributed by atoms with Gasteiger partial charge in [-0.15, -0.1) is 0 Å². The molecule has 1 unspecified atom stereocenters. The molecule has 118 valence electrons. The van der Waals surface area contributed by atoms with Gasteiger partial charge in [-0.3, -0.25) is 0 Å². The quantitative estimate of drug-likeness (QED) is 0.922. The van der Waals surface area contributed by atoms with Gasteiger partial charge in [0.1, 0.15) is 5.82 Å². The fourth-order valence-corrected chi connectivity index (χ4v) is 2.51. The fourth-order valence-electron chi connectivity index (χ4n) is 2.51. The van der Waals surface area contributed by atoms with Crippen LogP contribution in [0.5, 0.6) is 0 Å². The van der Waals surface area contributed by atoms with Gasteiger partial charge in [-0.1, -0.05) is 0 Å². The van der Waals surface area contributed by atoms with E-state index in [-0.39, 0.29) is 11.8 Å². The minimum atomic E-state index is -4.48. The van der Waals surface area contributed by atoms with E-state index in [4.69, 9.17) is 0 Å². The summed E-state index contributed by atoms with van der Waals surface area (Å²) in [5.41, 5.74) is -0.927. The highest BCUT2D eigenvalue weighted by Crippen LogP contribution is 2.30. The van der Waals surface area contributed by atoms with Crippen LogP contribution >= 0.6 is 0 Å². The number of aromatic nitrogens is 2. The molecule has 1 N–H and O–H groups in total. The van der Waals surface area contributed by atoms with Gasteiger partial charge in [0.25, 0.3) is 0 Å². The molecule has 5 nitrogen and oxygen atoms in total. The van der Waals surface area contributed by atoms with E-state index in [0.29, 0.717) is 12.6 Å². The number of rotatable bonds is 4. The zero-order valence-corrected chi connectivity index (χ0v) is 12.4. The fraction of sp³-hybridized carbons (Fsp3) is 0.692. The third-order valence-corrected chi connectivity index (χ3v) is 3.77. The molecule has 1 saturated heterocycles. The van der Waals surface area contributed by atoms with Crippen molar-refractivity contribution in [2.75, 3.05) is 44.4 Å². The van der Waals surface area contributed by atoms with Crippen LogP contribution in [0.25, 0.3) is 0 Å². The standard InChI is InChI=1S/C13H20F3N5/c1-17-12-18-10(13(14,15)16)7-11(19-12)21(3)8-9-5-4-6-20(9)2/h7,9H,4-6,8H2,1-3H3,(H,17,18,19). The second-order valence-electron chi connectivity index (χ2n) is 5.34. The van der Waals surface area contributed by atoms with Gasteiger partial charge in [-0.05, 0) is 26.4 Å². The molecule has 1 aliphatic heterocycles. The first-order valence-electron chi connectivity index (χ1n) is 6.86. The summed E-state index contributed by atoms with van der Waals surface area (Å²) in [4.78, 5) is 11.6. The smallest absolute Gasteiger partial charge is 0.358 e. The largest absolute Gasteiger partial charge is 0.433 e. The van der Waals surface area contributed by atoms with E-state index in [0.717, 1.165) is 25.5 Å². The molecular weight excluding hydrogens is 283 g/mol. The normalized spacial score (nSPS) is 19.8. The molecule has 1 aromatic rings. The number of hydrogen-bond acceptors (Lipinski definition) is 5. The van der Waals surface area contributed by atoms with E-state index in [2.05, 4.69) is 20.2 Å². The van der Waals surface area contributed by atoms with Crippen LogP contribution in [0, 0.1) is 0 Å². The Labute approximate surface area is 122 Å². The predicted octanol–water partition coefficient (Wildman–Crippen LogP) is 2.07. The first kappa shape index (κ1) is 15.8. The van der Waals surface area contributed by atoms with Gasteiger partial charge in [0, 0.05) is 32.7 Å². The maximum absolute atomic E-state index is 12.9. The van der Waals surface area contributed by atoms with E-state index in [9.17, 15) is 13.2 Å².